The van der Waals surface area contributed by atoms with E-state index in [0.29, 0.717) is 29.1 Å². The second kappa shape index (κ2) is 8.52. The van der Waals surface area contributed by atoms with E-state index in [1.54, 1.807) is 42.5 Å². The van der Waals surface area contributed by atoms with E-state index in [9.17, 15) is 4.79 Å². The minimum absolute atomic E-state index is 0.314. The minimum atomic E-state index is -1.52. The molecule has 7 nitrogen and oxygen atoms in total. The van der Waals surface area contributed by atoms with Crippen molar-refractivity contribution in [2.24, 2.45) is 5.73 Å². The lowest BCUT2D eigenvalue weighted by Gasteiger charge is -2.14. The lowest BCUT2D eigenvalue weighted by atomic mass is 9.80. The summed E-state index contributed by atoms with van der Waals surface area (Å²) in [6, 6.07) is 10.9. The first-order chi connectivity index (χ1) is 11.9. The van der Waals surface area contributed by atoms with E-state index < -0.39 is 13.2 Å². The number of rotatable bonds is 7. The zero-order valence-corrected chi connectivity index (χ0v) is 14.1. The third kappa shape index (κ3) is 5.22. The Balaban J connectivity index is 2.02. The molecule has 5 N–H and O–H groups in total. The number of hydrogen-bond acceptors (Lipinski definition) is 6. The maximum Gasteiger partial charge on any atom is 0.488 e. The van der Waals surface area contributed by atoms with Crippen LogP contribution in [0, 0.1) is 0 Å². The lowest BCUT2D eigenvalue weighted by molar-refractivity contribution is -0.117. The SMILES string of the molecule is COc1cc(NC(=O)[C@@H](N)Cc2ccc(B(O)O)cc2)cc(OC)c1. The van der Waals surface area contributed by atoms with Crippen molar-refractivity contribution in [3.05, 3.63) is 48.0 Å². The third-order valence-electron chi connectivity index (χ3n) is 3.69. The van der Waals surface area contributed by atoms with Crippen molar-refractivity contribution in [2.45, 2.75) is 12.5 Å². The van der Waals surface area contributed by atoms with E-state index >= 15 is 0 Å². The maximum absolute atomic E-state index is 12.3. The van der Waals surface area contributed by atoms with Crippen LogP contribution < -0.4 is 26.0 Å². The number of hydrogen-bond donors (Lipinski definition) is 4. The monoisotopic (exact) mass is 344 g/mol. The van der Waals surface area contributed by atoms with Crippen LogP contribution in [0.4, 0.5) is 5.69 Å². The van der Waals surface area contributed by atoms with Gasteiger partial charge in [0.15, 0.2) is 0 Å². The Morgan fingerprint density at radius 1 is 1.12 bits per heavy atom. The molecule has 132 valence electrons. The highest BCUT2D eigenvalue weighted by Gasteiger charge is 2.16. The topological polar surface area (TPSA) is 114 Å². The summed E-state index contributed by atoms with van der Waals surface area (Å²) in [6.45, 7) is 0. The van der Waals surface area contributed by atoms with Gasteiger partial charge < -0.3 is 30.6 Å². The molecular weight excluding hydrogens is 323 g/mol. The van der Waals surface area contributed by atoms with Gasteiger partial charge in [0.25, 0.3) is 0 Å². The number of methoxy groups -OCH3 is 2. The van der Waals surface area contributed by atoms with Gasteiger partial charge in [-0.1, -0.05) is 24.3 Å². The van der Waals surface area contributed by atoms with Crippen molar-refractivity contribution in [3.8, 4) is 11.5 Å². The number of ether oxygens (including phenoxy) is 2. The molecule has 2 aromatic rings. The van der Waals surface area contributed by atoms with Gasteiger partial charge in [0.2, 0.25) is 5.91 Å². The summed E-state index contributed by atoms with van der Waals surface area (Å²) in [4.78, 5) is 12.3. The molecule has 0 heterocycles. The number of carbonyl (C=O) groups excluding carboxylic acids is 1. The smallest absolute Gasteiger partial charge is 0.488 e. The average molecular weight is 344 g/mol. The van der Waals surface area contributed by atoms with E-state index in [1.165, 1.54) is 14.2 Å². The van der Waals surface area contributed by atoms with Gasteiger partial charge in [-0.15, -0.1) is 0 Å². The van der Waals surface area contributed by atoms with Crippen LogP contribution in [-0.2, 0) is 11.2 Å². The Kier molecular flexibility index (Phi) is 6.41. The van der Waals surface area contributed by atoms with Crippen LogP contribution in [-0.4, -0.2) is 43.3 Å². The van der Waals surface area contributed by atoms with Gasteiger partial charge in [0.05, 0.1) is 20.3 Å². The highest BCUT2D eigenvalue weighted by molar-refractivity contribution is 6.58. The van der Waals surface area contributed by atoms with E-state index in [0.717, 1.165) is 5.56 Å². The molecular formula is C17H21BN2O5. The molecule has 0 aliphatic carbocycles. The fraction of sp³-hybridized carbons (Fsp3) is 0.235. The Morgan fingerprint density at radius 3 is 2.16 bits per heavy atom. The van der Waals surface area contributed by atoms with Gasteiger partial charge >= 0.3 is 7.12 Å². The van der Waals surface area contributed by atoms with Crippen molar-refractivity contribution < 1.29 is 24.3 Å². The molecule has 0 aromatic heterocycles. The van der Waals surface area contributed by atoms with E-state index in [1.807, 2.05) is 0 Å². The third-order valence-corrected chi connectivity index (χ3v) is 3.69. The summed E-state index contributed by atoms with van der Waals surface area (Å²) in [5.41, 5.74) is 7.68. The van der Waals surface area contributed by atoms with Gasteiger partial charge in [-0.3, -0.25) is 4.79 Å². The van der Waals surface area contributed by atoms with Gasteiger partial charge in [0.1, 0.15) is 11.5 Å². The van der Waals surface area contributed by atoms with Gasteiger partial charge in [-0.05, 0) is 17.4 Å². The molecule has 0 saturated carbocycles. The zero-order valence-electron chi connectivity index (χ0n) is 14.1. The Bertz CT molecular complexity index is 699. The van der Waals surface area contributed by atoms with Crippen molar-refractivity contribution in [3.63, 3.8) is 0 Å². The molecule has 25 heavy (non-hydrogen) atoms. The van der Waals surface area contributed by atoms with Crippen molar-refractivity contribution in [2.75, 3.05) is 19.5 Å². The fourth-order valence-electron chi connectivity index (χ4n) is 2.29. The zero-order chi connectivity index (χ0) is 18.4. The summed E-state index contributed by atoms with van der Waals surface area (Å²) in [7, 11) is 1.53. The van der Waals surface area contributed by atoms with Crippen LogP contribution in [0.15, 0.2) is 42.5 Å². The number of carbonyl (C=O) groups is 1. The summed E-state index contributed by atoms with van der Waals surface area (Å²) in [5, 5.41) is 20.9. The number of nitrogens with one attached hydrogen (secondary N) is 1. The molecule has 0 saturated heterocycles. The molecule has 1 atom stereocenters. The molecule has 1 amide bonds. The fourth-order valence-corrected chi connectivity index (χ4v) is 2.29. The Morgan fingerprint density at radius 2 is 1.68 bits per heavy atom. The normalized spacial score (nSPS) is 11.6. The molecule has 0 bridgehead atoms. The van der Waals surface area contributed by atoms with Crippen LogP contribution >= 0.6 is 0 Å². The first-order valence-electron chi connectivity index (χ1n) is 7.67. The van der Waals surface area contributed by atoms with E-state index in [4.69, 9.17) is 25.3 Å². The molecule has 0 spiro atoms. The first kappa shape index (κ1) is 18.8. The lowest BCUT2D eigenvalue weighted by Crippen LogP contribution is -2.37. The van der Waals surface area contributed by atoms with Gasteiger partial charge in [-0.25, -0.2) is 0 Å². The van der Waals surface area contributed by atoms with Crippen molar-refractivity contribution >= 4 is 24.2 Å². The minimum Gasteiger partial charge on any atom is -0.497 e. The molecule has 2 rings (SSSR count). The van der Waals surface area contributed by atoms with Crippen molar-refractivity contribution in [1.29, 1.82) is 0 Å². The molecule has 0 radical (unpaired) electrons. The predicted molar refractivity (Wildman–Crippen MR) is 96.1 cm³/mol. The van der Waals surface area contributed by atoms with Crippen LogP contribution in [0.1, 0.15) is 5.56 Å². The van der Waals surface area contributed by atoms with Gasteiger partial charge in [0, 0.05) is 23.9 Å². The first-order valence-corrected chi connectivity index (χ1v) is 7.67. The van der Waals surface area contributed by atoms with Crippen molar-refractivity contribution in [1.82, 2.24) is 0 Å². The average Bonchev–Trinajstić information content (AvgIpc) is 2.61. The summed E-state index contributed by atoms with van der Waals surface area (Å²) >= 11 is 0. The number of benzene rings is 2. The number of nitrogens with two attached hydrogens (primary N) is 1. The summed E-state index contributed by atoms with van der Waals surface area (Å²) < 4.78 is 10.3. The molecule has 0 unspecified atom stereocenters. The van der Waals surface area contributed by atoms with E-state index in [-0.39, 0.29) is 5.91 Å². The quantitative estimate of drug-likeness (QED) is 0.521. The molecule has 0 aliphatic heterocycles. The second-order valence-electron chi connectivity index (χ2n) is 5.52. The van der Waals surface area contributed by atoms with Crippen LogP contribution in [0.2, 0.25) is 0 Å². The summed E-state index contributed by atoms with van der Waals surface area (Å²) in [5.74, 6) is 0.768. The van der Waals surface area contributed by atoms with E-state index in [2.05, 4.69) is 5.32 Å². The second-order valence-corrected chi connectivity index (χ2v) is 5.52. The molecule has 0 fully saturated rings. The summed E-state index contributed by atoms with van der Waals surface area (Å²) in [6.07, 6.45) is 0.314. The molecule has 2 aromatic carbocycles. The molecule has 8 heteroatoms. The Labute approximate surface area is 146 Å². The number of anilines is 1. The maximum atomic E-state index is 12.3. The largest absolute Gasteiger partial charge is 0.497 e. The highest BCUT2D eigenvalue weighted by Crippen LogP contribution is 2.25. The van der Waals surface area contributed by atoms with Crippen LogP contribution in [0.5, 0.6) is 11.5 Å². The standard InChI is InChI=1S/C17H21BN2O5/c1-24-14-8-13(9-15(10-14)25-2)20-17(21)16(19)7-11-3-5-12(6-4-11)18(22)23/h3-6,8-10,16,22-23H,7,19H2,1-2H3,(H,20,21)/t16-/m0/s1. The Hall–Kier alpha value is -2.55. The van der Waals surface area contributed by atoms with Crippen LogP contribution in [0.25, 0.3) is 0 Å². The highest BCUT2D eigenvalue weighted by atomic mass is 16.5. The molecule has 0 aliphatic rings. The van der Waals surface area contributed by atoms with Crippen LogP contribution in [0.3, 0.4) is 0 Å². The van der Waals surface area contributed by atoms with Gasteiger partial charge in [-0.2, -0.15) is 0 Å². The number of amides is 1. The predicted octanol–water partition coefficient (Wildman–Crippen LogP) is -0.108.